The summed E-state index contributed by atoms with van der Waals surface area (Å²) in [6, 6.07) is 22.7. The molecule has 3 aromatic carbocycles. The van der Waals surface area contributed by atoms with Crippen molar-refractivity contribution in [2.75, 3.05) is 9.80 Å². The summed E-state index contributed by atoms with van der Waals surface area (Å²) in [7, 11) is 0. The molecule has 0 bridgehead atoms. The molecule has 0 unspecified atom stereocenters. The predicted octanol–water partition coefficient (Wildman–Crippen LogP) is 6.13. The van der Waals surface area contributed by atoms with Crippen molar-refractivity contribution in [2.24, 2.45) is 0 Å². The molecule has 4 aromatic rings. The zero-order chi connectivity index (χ0) is 26.3. The van der Waals surface area contributed by atoms with Gasteiger partial charge >= 0.3 is 6.03 Å². The Hall–Kier alpha value is -4.78. The van der Waals surface area contributed by atoms with Crippen LogP contribution in [0.2, 0.25) is 0 Å². The highest BCUT2D eigenvalue weighted by molar-refractivity contribution is 6.46. The van der Waals surface area contributed by atoms with Crippen LogP contribution < -0.4 is 9.80 Å². The normalized spacial score (nSPS) is 15.1. The molecular formula is C30H24FN3O3. The number of rotatable bonds is 4. The lowest BCUT2D eigenvalue weighted by atomic mass is 10.0. The van der Waals surface area contributed by atoms with Gasteiger partial charge in [-0.05, 0) is 87.0 Å². The van der Waals surface area contributed by atoms with Gasteiger partial charge in [0.15, 0.2) is 0 Å². The lowest BCUT2D eigenvalue weighted by molar-refractivity contribution is -0.121. The number of halogens is 1. The number of anilines is 2. The zero-order valence-electron chi connectivity index (χ0n) is 20.6. The predicted molar refractivity (Wildman–Crippen MR) is 141 cm³/mol. The second kappa shape index (κ2) is 9.35. The molecule has 7 heteroatoms. The molecule has 4 amide bonds. The van der Waals surface area contributed by atoms with E-state index in [4.69, 9.17) is 0 Å². The van der Waals surface area contributed by atoms with Gasteiger partial charge in [0.25, 0.3) is 11.8 Å². The van der Waals surface area contributed by atoms with Crippen LogP contribution in [0.5, 0.6) is 0 Å². The molecule has 0 atom stereocenters. The molecule has 0 N–H and O–H groups in total. The monoisotopic (exact) mass is 493 g/mol. The molecule has 184 valence electrons. The lowest BCUT2D eigenvalue weighted by Gasteiger charge is -2.34. The molecule has 1 aliphatic heterocycles. The molecule has 1 aliphatic rings. The number of benzene rings is 3. The van der Waals surface area contributed by atoms with Crippen LogP contribution in [-0.4, -0.2) is 22.4 Å². The summed E-state index contributed by atoms with van der Waals surface area (Å²) < 4.78 is 15.4. The molecule has 0 spiro atoms. The van der Waals surface area contributed by atoms with Gasteiger partial charge < -0.3 is 4.57 Å². The van der Waals surface area contributed by atoms with E-state index in [9.17, 15) is 18.8 Å². The van der Waals surface area contributed by atoms with Crippen LogP contribution in [0.25, 0.3) is 11.8 Å². The highest BCUT2D eigenvalue weighted by atomic mass is 19.1. The Morgan fingerprint density at radius 2 is 1.22 bits per heavy atom. The number of barbiturate groups is 1. The number of aromatic nitrogens is 1. The van der Waals surface area contributed by atoms with Gasteiger partial charge in [-0.25, -0.2) is 19.0 Å². The number of carbonyl (C=O) groups excluding carboxylic acids is 3. The van der Waals surface area contributed by atoms with E-state index in [2.05, 4.69) is 0 Å². The summed E-state index contributed by atoms with van der Waals surface area (Å²) in [5, 5.41) is 0. The minimum atomic E-state index is -0.737. The van der Waals surface area contributed by atoms with Gasteiger partial charge in [-0.3, -0.25) is 9.59 Å². The SMILES string of the molecule is Cc1ccc(N2C(=O)/C(=C/c3cc(C)n(-c4ccc(F)cc4)c3C)C(=O)N(c3ccccc3)C2=O)cc1. The Morgan fingerprint density at radius 3 is 1.81 bits per heavy atom. The number of hydrogen-bond donors (Lipinski definition) is 0. The summed E-state index contributed by atoms with van der Waals surface area (Å²) in [4.78, 5) is 42.9. The van der Waals surface area contributed by atoms with Gasteiger partial charge in [0.2, 0.25) is 0 Å². The molecule has 1 aromatic heterocycles. The van der Waals surface area contributed by atoms with Crippen LogP contribution in [0.3, 0.4) is 0 Å². The highest BCUT2D eigenvalue weighted by Gasteiger charge is 2.43. The minimum Gasteiger partial charge on any atom is -0.318 e. The average molecular weight is 494 g/mol. The van der Waals surface area contributed by atoms with Crippen molar-refractivity contribution in [3.63, 3.8) is 0 Å². The Kier molecular flexibility index (Phi) is 6.05. The van der Waals surface area contributed by atoms with Crippen molar-refractivity contribution in [2.45, 2.75) is 20.8 Å². The summed E-state index contributed by atoms with van der Waals surface area (Å²) >= 11 is 0. The van der Waals surface area contributed by atoms with E-state index in [1.165, 1.54) is 18.2 Å². The summed E-state index contributed by atoms with van der Waals surface area (Å²) in [5.74, 6) is -1.73. The molecule has 2 heterocycles. The maximum absolute atomic E-state index is 13.7. The van der Waals surface area contributed by atoms with E-state index in [0.29, 0.717) is 16.9 Å². The first-order valence-electron chi connectivity index (χ1n) is 11.8. The topological polar surface area (TPSA) is 62.6 Å². The second-order valence-electron chi connectivity index (χ2n) is 8.93. The van der Waals surface area contributed by atoms with Crippen LogP contribution in [0.15, 0.2) is 90.5 Å². The first-order valence-corrected chi connectivity index (χ1v) is 11.8. The van der Waals surface area contributed by atoms with Crippen molar-refractivity contribution in [3.8, 4) is 5.69 Å². The molecule has 0 saturated carbocycles. The van der Waals surface area contributed by atoms with Crippen molar-refractivity contribution in [1.29, 1.82) is 0 Å². The maximum Gasteiger partial charge on any atom is 0.343 e. The minimum absolute atomic E-state index is 0.136. The summed E-state index contributed by atoms with van der Waals surface area (Å²) in [6.07, 6.45) is 1.52. The van der Waals surface area contributed by atoms with Gasteiger partial charge in [0.05, 0.1) is 11.4 Å². The van der Waals surface area contributed by atoms with Crippen LogP contribution >= 0.6 is 0 Å². The summed E-state index contributed by atoms with van der Waals surface area (Å²) in [5.41, 5.74) is 4.58. The van der Waals surface area contributed by atoms with Gasteiger partial charge in [0, 0.05) is 17.1 Å². The molecule has 37 heavy (non-hydrogen) atoms. The van der Waals surface area contributed by atoms with E-state index in [0.717, 1.165) is 32.4 Å². The highest BCUT2D eigenvalue weighted by Crippen LogP contribution is 2.31. The fourth-order valence-corrected chi connectivity index (χ4v) is 4.53. The van der Waals surface area contributed by atoms with Crippen LogP contribution in [-0.2, 0) is 9.59 Å². The van der Waals surface area contributed by atoms with Crippen LogP contribution in [0, 0.1) is 26.6 Å². The number of carbonyl (C=O) groups is 3. The quantitative estimate of drug-likeness (QED) is 0.254. The number of para-hydroxylation sites is 1. The number of hydrogen-bond acceptors (Lipinski definition) is 3. The molecular weight excluding hydrogens is 469 g/mol. The Balaban J connectivity index is 1.65. The van der Waals surface area contributed by atoms with Gasteiger partial charge in [0.1, 0.15) is 11.4 Å². The van der Waals surface area contributed by atoms with E-state index < -0.39 is 17.8 Å². The van der Waals surface area contributed by atoms with E-state index in [-0.39, 0.29) is 11.4 Å². The van der Waals surface area contributed by atoms with Crippen LogP contribution in [0.1, 0.15) is 22.5 Å². The molecule has 5 rings (SSSR count). The zero-order valence-corrected chi connectivity index (χ0v) is 20.6. The van der Waals surface area contributed by atoms with Crippen LogP contribution in [0.4, 0.5) is 20.6 Å². The molecule has 1 fully saturated rings. The molecule has 6 nitrogen and oxygen atoms in total. The summed E-state index contributed by atoms with van der Waals surface area (Å²) in [6.45, 7) is 5.66. The maximum atomic E-state index is 13.7. The first-order chi connectivity index (χ1) is 17.8. The standard InChI is InChI=1S/C30H24FN3O3/c1-19-9-13-26(14-10-19)34-29(36)27(28(35)33(30(34)37)24-7-5-4-6-8-24)18-22-17-20(2)32(21(22)3)25-15-11-23(31)12-16-25/h4-18H,1-3H3/b27-18+. The Morgan fingerprint density at radius 1 is 0.676 bits per heavy atom. The third-order valence-electron chi connectivity index (χ3n) is 6.41. The van der Waals surface area contributed by atoms with E-state index in [1.54, 1.807) is 66.7 Å². The number of nitrogens with zero attached hydrogens (tertiary/aromatic N) is 3. The molecule has 0 aliphatic carbocycles. The first kappa shape index (κ1) is 23.9. The fraction of sp³-hybridized carbons (Fsp3) is 0.100. The molecule has 1 saturated heterocycles. The number of urea groups is 1. The Bertz CT molecular complexity index is 1550. The fourth-order valence-electron chi connectivity index (χ4n) is 4.53. The van der Waals surface area contributed by atoms with Gasteiger partial charge in [-0.2, -0.15) is 0 Å². The Labute approximate surface area is 213 Å². The third-order valence-corrected chi connectivity index (χ3v) is 6.41. The largest absolute Gasteiger partial charge is 0.343 e. The number of imide groups is 2. The van der Waals surface area contributed by atoms with Crippen molar-refractivity contribution in [3.05, 3.63) is 119 Å². The lowest BCUT2D eigenvalue weighted by Crippen LogP contribution is -2.57. The third kappa shape index (κ3) is 4.25. The van der Waals surface area contributed by atoms with Crippen molar-refractivity contribution >= 4 is 35.3 Å². The number of aryl methyl sites for hydroxylation is 2. The smallest absolute Gasteiger partial charge is 0.318 e. The van der Waals surface area contributed by atoms with E-state index in [1.807, 2.05) is 31.4 Å². The van der Waals surface area contributed by atoms with Gasteiger partial charge in [-0.1, -0.05) is 35.9 Å². The second-order valence-corrected chi connectivity index (χ2v) is 8.93. The van der Waals surface area contributed by atoms with Gasteiger partial charge in [-0.15, -0.1) is 0 Å². The number of amides is 4. The van der Waals surface area contributed by atoms with Crippen molar-refractivity contribution in [1.82, 2.24) is 4.57 Å². The molecule has 0 radical (unpaired) electrons. The van der Waals surface area contributed by atoms with E-state index >= 15 is 0 Å². The van der Waals surface area contributed by atoms with Crippen molar-refractivity contribution < 1.29 is 18.8 Å². The average Bonchev–Trinajstić information content (AvgIpc) is 3.16.